The number of ether oxygens (including phenoxy) is 1. The molecule has 1 aliphatic carbocycles. The van der Waals surface area contributed by atoms with Gasteiger partial charge in [0.05, 0.1) is 6.61 Å². The zero-order valence-electron chi connectivity index (χ0n) is 9.16. The summed E-state index contributed by atoms with van der Waals surface area (Å²) in [6, 6.07) is 0.366. The Hall–Kier alpha value is -0.290. The first-order valence-corrected chi connectivity index (χ1v) is 5.21. The van der Waals surface area contributed by atoms with Crippen molar-refractivity contribution in [3.63, 3.8) is 0 Å². The Kier molecular flexibility index (Phi) is 4.00. The minimum Gasteiger partial charge on any atom is -0.371 e. The molecule has 1 saturated carbocycles. The monoisotopic (exact) mass is 225 g/mol. The quantitative estimate of drug-likeness (QED) is 0.749. The highest BCUT2D eigenvalue weighted by Gasteiger charge is 2.43. The van der Waals surface area contributed by atoms with Crippen LogP contribution in [0.15, 0.2) is 0 Å². The van der Waals surface area contributed by atoms with Gasteiger partial charge in [0.15, 0.2) is 0 Å². The van der Waals surface area contributed by atoms with Crippen LogP contribution in [0.3, 0.4) is 0 Å². The van der Waals surface area contributed by atoms with E-state index in [1.54, 1.807) is 0 Å². The molecule has 15 heavy (non-hydrogen) atoms. The highest BCUT2D eigenvalue weighted by Crippen LogP contribution is 2.45. The van der Waals surface area contributed by atoms with Gasteiger partial charge in [-0.2, -0.15) is 13.2 Å². The lowest BCUT2D eigenvalue weighted by Crippen LogP contribution is -2.33. The molecule has 0 heterocycles. The standard InChI is InChI=1S/C10H18F3NO/c1-8(2)14-5-9(3-4-9)6-15-7-10(11,12)13/h8,14H,3-7H2,1-2H3. The average Bonchev–Trinajstić information content (AvgIpc) is 2.80. The van der Waals surface area contributed by atoms with Gasteiger partial charge in [0.25, 0.3) is 0 Å². The van der Waals surface area contributed by atoms with Crippen LogP contribution in [0.25, 0.3) is 0 Å². The second-order valence-corrected chi connectivity index (χ2v) is 4.64. The second kappa shape index (κ2) is 4.70. The van der Waals surface area contributed by atoms with Gasteiger partial charge in [-0.05, 0) is 12.8 Å². The van der Waals surface area contributed by atoms with E-state index in [0.29, 0.717) is 6.04 Å². The molecular formula is C10H18F3NO. The summed E-state index contributed by atoms with van der Waals surface area (Å²) in [6.07, 6.45) is -2.28. The molecule has 0 aromatic carbocycles. The van der Waals surface area contributed by atoms with E-state index in [1.165, 1.54) is 0 Å². The molecule has 0 atom stereocenters. The maximum atomic E-state index is 11.8. The fourth-order valence-corrected chi connectivity index (χ4v) is 1.35. The highest BCUT2D eigenvalue weighted by atomic mass is 19.4. The molecule has 0 spiro atoms. The van der Waals surface area contributed by atoms with E-state index < -0.39 is 12.8 Å². The van der Waals surface area contributed by atoms with E-state index in [0.717, 1.165) is 19.4 Å². The summed E-state index contributed by atoms with van der Waals surface area (Å²) in [5.74, 6) is 0. The summed E-state index contributed by atoms with van der Waals surface area (Å²) in [5.41, 5.74) is -0.0322. The van der Waals surface area contributed by atoms with Crippen molar-refractivity contribution in [3.8, 4) is 0 Å². The van der Waals surface area contributed by atoms with Gasteiger partial charge in [-0.3, -0.25) is 0 Å². The molecule has 5 heteroatoms. The molecule has 0 aliphatic heterocycles. The summed E-state index contributed by atoms with van der Waals surface area (Å²) in [5, 5.41) is 3.23. The predicted molar refractivity (Wildman–Crippen MR) is 51.7 cm³/mol. The molecule has 0 aromatic heterocycles. The molecule has 1 aliphatic rings. The van der Waals surface area contributed by atoms with Crippen molar-refractivity contribution in [2.24, 2.45) is 5.41 Å². The van der Waals surface area contributed by atoms with Crippen LogP contribution in [0.4, 0.5) is 13.2 Å². The lowest BCUT2D eigenvalue weighted by Gasteiger charge is -2.18. The Labute approximate surface area is 88.2 Å². The Bertz CT molecular complexity index is 199. The molecule has 0 bridgehead atoms. The SMILES string of the molecule is CC(C)NCC1(COCC(F)(F)F)CC1. The fourth-order valence-electron chi connectivity index (χ4n) is 1.35. The zero-order chi connectivity index (χ0) is 11.5. The molecular weight excluding hydrogens is 207 g/mol. The van der Waals surface area contributed by atoms with E-state index in [2.05, 4.69) is 5.32 Å². The van der Waals surface area contributed by atoms with Crippen molar-refractivity contribution in [2.75, 3.05) is 19.8 Å². The predicted octanol–water partition coefficient (Wildman–Crippen LogP) is 2.34. The van der Waals surface area contributed by atoms with Gasteiger partial charge in [-0.15, -0.1) is 0 Å². The van der Waals surface area contributed by atoms with Gasteiger partial charge in [0.2, 0.25) is 0 Å². The van der Waals surface area contributed by atoms with Crippen molar-refractivity contribution < 1.29 is 17.9 Å². The molecule has 0 radical (unpaired) electrons. The van der Waals surface area contributed by atoms with E-state index >= 15 is 0 Å². The molecule has 1 N–H and O–H groups in total. The average molecular weight is 225 g/mol. The van der Waals surface area contributed by atoms with E-state index in [9.17, 15) is 13.2 Å². The summed E-state index contributed by atoms with van der Waals surface area (Å²) >= 11 is 0. The Morgan fingerprint density at radius 2 is 1.93 bits per heavy atom. The van der Waals surface area contributed by atoms with Crippen LogP contribution in [0.1, 0.15) is 26.7 Å². The molecule has 0 saturated heterocycles. The Morgan fingerprint density at radius 1 is 1.33 bits per heavy atom. The van der Waals surface area contributed by atoms with E-state index in [1.807, 2.05) is 13.8 Å². The minimum absolute atomic E-state index is 0.0322. The van der Waals surface area contributed by atoms with E-state index in [-0.39, 0.29) is 12.0 Å². The summed E-state index contributed by atoms with van der Waals surface area (Å²) in [4.78, 5) is 0. The van der Waals surface area contributed by atoms with Crippen molar-refractivity contribution in [2.45, 2.75) is 38.9 Å². The maximum absolute atomic E-state index is 11.8. The number of rotatable bonds is 6. The fraction of sp³-hybridized carbons (Fsp3) is 1.00. The van der Waals surface area contributed by atoms with Crippen LogP contribution >= 0.6 is 0 Å². The maximum Gasteiger partial charge on any atom is 0.411 e. The third-order valence-electron chi connectivity index (χ3n) is 2.52. The molecule has 1 fully saturated rings. The highest BCUT2D eigenvalue weighted by molar-refractivity contribution is 4.95. The minimum atomic E-state index is -4.21. The molecule has 0 amide bonds. The van der Waals surface area contributed by atoms with Crippen LogP contribution in [0.2, 0.25) is 0 Å². The first-order chi connectivity index (χ1) is 6.83. The van der Waals surface area contributed by atoms with Crippen LogP contribution in [0.5, 0.6) is 0 Å². The van der Waals surface area contributed by atoms with Gasteiger partial charge in [0, 0.05) is 18.0 Å². The lowest BCUT2D eigenvalue weighted by atomic mass is 10.1. The normalized spacial score (nSPS) is 19.6. The smallest absolute Gasteiger partial charge is 0.371 e. The zero-order valence-corrected chi connectivity index (χ0v) is 9.16. The summed E-state index contributed by atoms with van der Waals surface area (Å²) < 4.78 is 40.2. The van der Waals surface area contributed by atoms with Crippen molar-refractivity contribution in [1.29, 1.82) is 0 Å². The van der Waals surface area contributed by atoms with Gasteiger partial charge < -0.3 is 10.1 Å². The Morgan fingerprint density at radius 3 is 2.33 bits per heavy atom. The number of halogens is 3. The number of hydrogen-bond acceptors (Lipinski definition) is 2. The molecule has 0 unspecified atom stereocenters. The summed E-state index contributed by atoms with van der Waals surface area (Å²) in [7, 11) is 0. The third kappa shape index (κ3) is 5.37. The first kappa shape index (κ1) is 12.8. The summed E-state index contributed by atoms with van der Waals surface area (Å²) in [6.45, 7) is 3.88. The van der Waals surface area contributed by atoms with Gasteiger partial charge >= 0.3 is 6.18 Å². The van der Waals surface area contributed by atoms with Gasteiger partial charge in [-0.1, -0.05) is 13.8 Å². The van der Waals surface area contributed by atoms with Crippen LogP contribution in [0, 0.1) is 5.41 Å². The molecule has 90 valence electrons. The van der Waals surface area contributed by atoms with Crippen molar-refractivity contribution in [3.05, 3.63) is 0 Å². The second-order valence-electron chi connectivity index (χ2n) is 4.64. The van der Waals surface area contributed by atoms with Crippen LogP contribution in [-0.4, -0.2) is 32.0 Å². The number of hydrogen-bond donors (Lipinski definition) is 1. The topological polar surface area (TPSA) is 21.3 Å². The van der Waals surface area contributed by atoms with Gasteiger partial charge in [-0.25, -0.2) is 0 Å². The first-order valence-electron chi connectivity index (χ1n) is 5.21. The van der Waals surface area contributed by atoms with Crippen LogP contribution in [-0.2, 0) is 4.74 Å². The van der Waals surface area contributed by atoms with E-state index in [4.69, 9.17) is 4.74 Å². The molecule has 0 aromatic rings. The number of alkyl halides is 3. The van der Waals surface area contributed by atoms with Crippen LogP contribution < -0.4 is 5.32 Å². The number of nitrogens with one attached hydrogen (secondary N) is 1. The van der Waals surface area contributed by atoms with Crippen molar-refractivity contribution in [1.82, 2.24) is 5.32 Å². The van der Waals surface area contributed by atoms with Crippen molar-refractivity contribution >= 4 is 0 Å². The molecule has 2 nitrogen and oxygen atoms in total. The lowest BCUT2D eigenvalue weighted by molar-refractivity contribution is -0.177. The third-order valence-corrected chi connectivity index (χ3v) is 2.52. The Balaban J connectivity index is 2.15. The largest absolute Gasteiger partial charge is 0.411 e. The molecule has 1 rings (SSSR count). The van der Waals surface area contributed by atoms with Gasteiger partial charge in [0.1, 0.15) is 6.61 Å².